The van der Waals surface area contributed by atoms with Crippen LogP contribution in [0.25, 0.3) is 0 Å². The highest BCUT2D eigenvalue weighted by molar-refractivity contribution is 6.32. The minimum atomic E-state index is -0.307. The molecule has 1 aromatic carbocycles. The maximum Gasteiger partial charge on any atom is 0.257 e. The molecule has 2 aromatic rings. The lowest BCUT2D eigenvalue weighted by atomic mass is 10.1. The Morgan fingerprint density at radius 2 is 2.00 bits per heavy atom. The van der Waals surface area contributed by atoms with Crippen LogP contribution in [-0.4, -0.2) is 10.9 Å². The summed E-state index contributed by atoms with van der Waals surface area (Å²) in [6.07, 6.45) is 1.55. The molecule has 4 nitrogen and oxygen atoms in total. The summed E-state index contributed by atoms with van der Waals surface area (Å²) in [6, 6.07) is 10.2. The minimum absolute atomic E-state index is 0.246. The average molecular weight is 248 g/mol. The lowest BCUT2D eigenvalue weighted by Gasteiger charge is -2.07. The Morgan fingerprint density at radius 1 is 1.24 bits per heavy atom. The summed E-state index contributed by atoms with van der Waals surface area (Å²) in [5.41, 5.74) is 7.00. The lowest BCUT2D eigenvalue weighted by Crippen LogP contribution is -2.14. The van der Waals surface area contributed by atoms with Crippen LogP contribution in [0.1, 0.15) is 10.4 Å². The van der Waals surface area contributed by atoms with E-state index in [0.29, 0.717) is 16.9 Å². The Bertz CT molecular complexity index is 557. The van der Waals surface area contributed by atoms with Crippen LogP contribution in [0.3, 0.4) is 0 Å². The van der Waals surface area contributed by atoms with Gasteiger partial charge in [0.05, 0.1) is 11.3 Å². The molecule has 0 unspecified atom stereocenters. The third-order valence-electron chi connectivity index (χ3n) is 2.21. The Hall–Kier alpha value is -2.07. The van der Waals surface area contributed by atoms with Crippen molar-refractivity contribution in [3.05, 3.63) is 53.3 Å². The number of nitrogens with zero attached hydrogens (tertiary/aromatic N) is 1. The molecule has 3 N–H and O–H groups in total. The zero-order valence-corrected chi connectivity index (χ0v) is 9.61. The van der Waals surface area contributed by atoms with Gasteiger partial charge < -0.3 is 11.1 Å². The van der Waals surface area contributed by atoms with Gasteiger partial charge in [0, 0.05) is 11.9 Å². The monoisotopic (exact) mass is 247 g/mol. The molecular formula is C12H10ClN3O. The van der Waals surface area contributed by atoms with Crippen LogP contribution in [-0.2, 0) is 0 Å². The molecule has 0 saturated carbocycles. The fourth-order valence-electron chi connectivity index (χ4n) is 1.37. The second-order valence-electron chi connectivity index (χ2n) is 3.38. The van der Waals surface area contributed by atoms with E-state index in [9.17, 15) is 4.79 Å². The molecule has 0 aliphatic carbocycles. The highest BCUT2D eigenvalue weighted by atomic mass is 35.5. The second-order valence-corrected chi connectivity index (χ2v) is 3.74. The summed E-state index contributed by atoms with van der Waals surface area (Å²) in [4.78, 5) is 15.8. The summed E-state index contributed by atoms with van der Waals surface area (Å²) in [6.45, 7) is 0. The van der Waals surface area contributed by atoms with Crippen molar-refractivity contribution in [1.82, 2.24) is 4.98 Å². The highest BCUT2D eigenvalue weighted by Crippen LogP contribution is 2.19. The fraction of sp³-hybridized carbons (Fsp3) is 0. The van der Waals surface area contributed by atoms with E-state index in [4.69, 9.17) is 17.3 Å². The Morgan fingerprint density at radius 3 is 2.71 bits per heavy atom. The van der Waals surface area contributed by atoms with Crippen LogP contribution in [0, 0.1) is 0 Å². The van der Waals surface area contributed by atoms with E-state index < -0.39 is 0 Å². The van der Waals surface area contributed by atoms with Crippen LogP contribution < -0.4 is 11.1 Å². The first kappa shape index (κ1) is 11.4. The van der Waals surface area contributed by atoms with E-state index in [1.807, 2.05) is 0 Å². The number of hydrogen-bond donors (Lipinski definition) is 2. The van der Waals surface area contributed by atoms with Gasteiger partial charge >= 0.3 is 0 Å². The SMILES string of the molecule is Nc1ccccc1C(=O)Nc1cccnc1Cl. The predicted octanol–water partition coefficient (Wildman–Crippen LogP) is 2.57. The third-order valence-corrected chi connectivity index (χ3v) is 2.51. The number of aromatic nitrogens is 1. The van der Waals surface area contributed by atoms with Gasteiger partial charge in [0.1, 0.15) is 0 Å². The molecule has 0 saturated heterocycles. The van der Waals surface area contributed by atoms with Crippen LogP contribution >= 0.6 is 11.6 Å². The molecule has 0 radical (unpaired) electrons. The number of halogens is 1. The quantitative estimate of drug-likeness (QED) is 0.633. The van der Waals surface area contributed by atoms with Gasteiger partial charge in [-0.3, -0.25) is 4.79 Å². The number of benzene rings is 1. The lowest BCUT2D eigenvalue weighted by molar-refractivity contribution is 0.102. The predicted molar refractivity (Wildman–Crippen MR) is 68.1 cm³/mol. The van der Waals surface area contributed by atoms with E-state index >= 15 is 0 Å². The van der Waals surface area contributed by atoms with E-state index in [0.717, 1.165) is 0 Å². The molecule has 0 bridgehead atoms. The molecule has 1 amide bonds. The molecule has 0 spiro atoms. The molecule has 0 fully saturated rings. The van der Waals surface area contributed by atoms with Gasteiger partial charge in [-0.05, 0) is 24.3 Å². The van der Waals surface area contributed by atoms with Crippen molar-refractivity contribution < 1.29 is 4.79 Å². The fourth-order valence-corrected chi connectivity index (χ4v) is 1.54. The Labute approximate surface area is 103 Å². The maximum atomic E-state index is 11.9. The largest absolute Gasteiger partial charge is 0.398 e. The van der Waals surface area contributed by atoms with E-state index in [1.165, 1.54) is 0 Å². The number of nitrogens with two attached hydrogens (primary N) is 1. The molecule has 1 aromatic heterocycles. The summed E-state index contributed by atoms with van der Waals surface area (Å²) in [5, 5.41) is 2.90. The van der Waals surface area contributed by atoms with Crippen molar-refractivity contribution in [3.8, 4) is 0 Å². The number of nitrogen functional groups attached to an aromatic ring is 1. The van der Waals surface area contributed by atoms with Gasteiger partial charge in [-0.25, -0.2) is 4.98 Å². The highest BCUT2D eigenvalue weighted by Gasteiger charge is 2.10. The summed E-state index contributed by atoms with van der Waals surface area (Å²) in [5.74, 6) is -0.307. The second kappa shape index (κ2) is 4.84. The van der Waals surface area contributed by atoms with Crippen LogP contribution in [0.2, 0.25) is 5.15 Å². The smallest absolute Gasteiger partial charge is 0.257 e. The van der Waals surface area contributed by atoms with Crippen molar-refractivity contribution in [3.63, 3.8) is 0 Å². The summed E-state index contributed by atoms with van der Waals surface area (Å²) >= 11 is 5.84. The van der Waals surface area contributed by atoms with Crippen molar-refractivity contribution in [2.24, 2.45) is 0 Å². The van der Waals surface area contributed by atoms with Gasteiger partial charge in [0.2, 0.25) is 0 Å². The molecule has 1 heterocycles. The van der Waals surface area contributed by atoms with Crippen LogP contribution in [0.15, 0.2) is 42.6 Å². The van der Waals surface area contributed by atoms with Crippen molar-refractivity contribution in [1.29, 1.82) is 0 Å². The first-order valence-corrected chi connectivity index (χ1v) is 5.32. The molecule has 17 heavy (non-hydrogen) atoms. The summed E-state index contributed by atoms with van der Waals surface area (Å²) < 4.78 is 0. The number of para-hydroxylation sites is 1. The molecule has 86 valence electrons. The number of carbonyl (C=O) groups is 1. The minimum Gasteiger partial charge on any atom is -0.398 e. The van der Waals surface area contributed by atoms with Gasteiger partial charge in [0.25, 0.3) is 5.91 Å². The maximum absolute atomic E-state index is 11.9. The van der Waals surface area contributed by atoms with Crippen molar-refractivity contribution >= 4 is 28.9 Å². The number of rotatable bonds is 2. The van der Waals surface area contributed by atoms with Crippen molar-refractivity contribution in [2.45, 2.75) is 0 Å². The van der Waals surface area contributed by atoms with E-state index in [-0.39, 0.29) is 11.1 Å². The first-order chi connectivity index (χ1) is 8.18. The number of anilines is 2. The molecule has 0 aliphatic heterocycles. The molecule has 2 rings (SSSR count). The standard InChI is InChI=1S/C12H10ClN3O/c13-11-10(6-3-7-15-11)16-12(17)8-4-1-2-5-9(8)14/h1-7H,14H2,(H,16,17). The first-order valence-electron chi connectivity index (χ1n) is 4.95. The normalized spacial score (nSPS) is 9.94. The number of nitrogens with one attached hydrogen (secondary N) is 1. The topological polar surface area (TPSA) is 68.0 Å². The average Bonchev–Trinajstić information content (AvgIpc) is 2.32. The van der Waals surface area contributed by atoms with Gasteiger partial charge in [0.15, 0.2) is 5.15 Å². The van der Waals surface area contributed by atoms with Gasteiger partial charge in [-0.15, -0.1) is 0 Å². The Kier molecular flexibility index (Phi) is 3.25. The Balaban J connectivity index is 2.24. The molecule has 0 aliphatic rings. The zero-order chi connectivity index (χ0) is 12.3. The van der Waals surface area contributed by atoms with E-state index in [2.05, 4.69) is 10.3 Å². The van der Waals surface area contributed by atoms with Crippen LogP contribution in [0.4, 0.5) is 11.4 Å². The zero-order valence-electron chi connectivity index (χ0n) is 8.85. The van der Waals surface area contributed by atoms with Crippen molar-refractivity contribution in [2.75, 3.05) is 11.1 Å². The number of amides is 1. The number of hydrogen-bond acceptors (Lipinski definition) is 3. The molecule has 5 heteroatoms. The third kappa shape index (κ3) is 2.54. The van der Waals surface area contributed by atoms with Gasteiger partial charge in [-0.1, -0.05) is 23.7 Å². The number of carbonyl (C=O) groups excluding carboxylic acids is 1. The number of pyridine rings is 1. The van der Waals surface area contributed by atoms with E-state index in [1.54, 1.807) is 42.6 Å². The molecule has 0 atom stereocenters. The van der Waals surface area contributed by atoms with Crippen LogP contribution in [0.5, 0.6) is 0 Å². The summed E-state index contributed by atoms with van der Waals surface area (Å²) in [7, 11) is 0. The van der Waals surface area contributed by atoms with Gasteiger partial charge in [-0.2, -0.15) is 0 Å². The molecular weight excluding hydrogens is 238 g/mol.